The molecule has 0 radical (unpaired) electrons. The molecule has 1 aliphatic carbocycles. The number of epoxide rings is 2. The van der Waals surface area contributed by atoms with Gasteiger partial charge in [-0.05, 0) is 40.0 Å². The Kier molecular flexibility index (Phi) is 4.64. The van der Waals surface area contributed by atoms with E-state index in [1.54, 1.807) is 19.5 Å². The van der Waals surface area contributed by atoms with Crippen molar-refractivity contribution in [3.05, 3.63) is 30.4 Å². The van der Waals surface area contributed by atoms with Gasteiger partial charge in [-0.25, -0.2) is 14.3 Å². The Morgan fingerprint density at radius 2 is 2.22 bits per heavy atom. The molecule has 0 amide bonds. The van der Waals surface area contributed by atoms with Gasteiger partial charge in [0.2, 0.25) is 0 Å². The molecule has 1 aromatic rings. The summed E-state index contributed by atoms with van der Waals surface area (Å²) in [5.74, 6) is 0.0277. The van der Waals surface area contributed by atoms with Crippen molar-refractivity contribution in [1.82, 2.24) is 9.55 Å². The third kappa shape index (κ3) is 3.32. The van der Waals surface area contributed by atoms with E-state index >= 15 is 0 Å². The van der Waals surface area contributed by atoms with E-state index in [4.69, 9.17) is 18.9 Å². The maximum absolute atomic E-state index is 12.4. The fraction of sp³-hybridized carbons (Fsp3) is 0.700. The van der Waals surface area contributed by atoms with Crippen molar-refractivity contribution in [2.45, 2.75) is 69.5 Å². The summed E-state index contributed by atoms with van der Waals surface area (Å²) in [6, 6.07) is 0. The van der Waals surface area contributed by atoms with E-state index in [1.807, 2.05) is 0 Å². The van der Waals surface area contributed by atoms with Crippen LogP contribution >= 0.6 is 0 Å². The maximum Gasteiger partial charge on any atom is 0.419 e. The molecule has 148 valence electrons. The molecule has 3 heterocycles. The Balaban J connectivity index is 1.52. The molecule has 4 rings (SSSR count). The third-order valence-electron chi connectivity index (χ3n) is 6.20. The lowest BCUT2D eigenvalue weighted by Gasteiger charge is -2.42. The molecule has 1 unspecified atom stereocenters. The van der Waals surface area contributed by atoms with Crippen LogP contribution in [-0.2, 0) is 18.9 Å². The van der Waals surface area contributed by atoms with Gasteiger partial charge in [-0.1, -0.05) is 11.6 Å². The number of hydrogen-bond acceptors (Lipinski definition) is 6. The van der Waals surface area contributed by atoms with E-state index in [1.165, 1.54) is 16.5 Å². The van der Waals surface area contributed by atoms with Crippen molar-refractivity contribution in [2.24, 2.45) is 5.92 Å². The topological polar surface area (TPSA) is 78.4 Å². The van der Waals surface area contributed by atoms with Gasteiger partial charge in [-0.15, -0.1) is 0 Å². The Morgan fingerprint density at radius 3 is 2.81 bits per heavy atom. The number of ether oxygens (including phenoxy) is 4. The highest BCUT2D eigenvalue weighted by atomic mass is 16.6. The fourth-order valence-electron chi connectivity index (χ4n) is 4.63. The quantitative estimate of drug-likeness (QED) is 0.581. The van der Waals surface area contributed by atoms with E-state index in [-0.39, 0.29) is 35.4 Å². The average Bonchev–Trinajstić information content (AvgIpc) is 3.46. The number of hydrogen-bond donors (Lipinski definition) is 0. The van der Waals surface area contributed by atoms with Crippen molar-refractivity contribution in [3.63, 3.8) is 0 Å². The van der Waals surface area contributed by atoms with Gasteiger partial charge in [-0.2, -0.15) is 0 Å². The lowest BCUT2D eigenvalue weighted by molar-refractivity contribution is -0.117. The van der Waals surface area contributed by atoms with Gasteiger partial charge in [0, 0.05) is 19.5 Å². The second-order valence-corrected chi connectivity index (χ2v) is 8.27. The number of imidazole rings is 1. The normalized spacial score (nSPS) is 39.9. The number of methoxy groups -OCH3 is 1. The largest absolute Gasteiger partial charge is 0.443 e. The maximum atomic E-state index is 12.4. The predicted molar refractivity (Wildman–Crippen MR) is 97.4 cm³/mol. The molecule has 1 aromatic heterocycles. The number of carbonyl (C=O) groups is 1. The first kappa shape index (κ1) is 18.7. The number of allylic oxidation sites excluding steroid dienone is 1. The molecule has 0 N–H and O–H groups in total. The Bertz CT molecular complexity index is 723. The van der Waals surface area contributed by atoms with E-state index in [0.717, 1.165) is 12.8 Å². The average molecular weight is 376 g/mol. The smallest absolute Gasteiger partial charge is 0.419 e. The Labute approximate surface area is 159 Å². The zero-order valence-electron chi connectivity index (χ0n) is 16.4. The summed E-state index contributed by atoms with van der Waals surface area (Å²) in [4.78, 5) is 16.3. The van der Waals surface area contributed by atoms with Crippen LogP contribution in [0.3, 0.4) is 0 Å². The Morgan fingerprint density at radius 1 is 1.44 bits per heavy atom. The molecule has 6 atom stereocenters. The van der Waals surface area contributed by atoms with Crippen LogP contribution in [0, 0.1) is 5.92 Å². The lowest BCUT2D eigenvalue weighted by Crippen LogP contribution is -2.55. The van der Waals surface area contributed by atoms with Crippen molar-refractivity contribution >= 4 is 6.09 Å². The summed E-state index contributed by atoms with van der Waals surface area (Å²) in [6.07, 6.45) is 8.31. The van der Waals surface area contributed by atoms with Gasteiger partial charge < -0.3 is 18.9 Å². The summed E-state index contributed by atoms with van der Waals surface area (Å²) >= 11 is 0. The molecule has 1 spiro atoms. The molecule has 2 saturated heterocycles. The van der Waals surface area contributed by atoms with Crippen molar-refractivity contribution in [2.75, 3.05) is 13.7 Å². The molecule has 27 heavy (non-hydrogen) atoms. The summed E-state index contributed by atoms with van der Waals surface area (Å²) in [5, 5.41) is 0. The first-order chi connectivity index (χ1) is 12.9. The van der Waals surface area contributed by atoms with Crippen LogP contribution in [-0.4, -0.2) is 58.9 Å². The van der Waals surface area contributed by atoms with Crippen LogP contribution in [0.15, 0.2) is 30.4 Å². The van der Waals surface area contributed by atoms with E-state index in [2.05, 4.69) is 31.8 Å². The summed E-state index contributed by atoms with van der Waals surface area (Å²) in [5.41, 5.74) is 0.736. The van der Waals surface area contributed by atoms with E-state index in [0.29, 0.717) is 13.0 Å². The molecule has 1 saturated carbocycles. The molecule has 3 aliphatic rings. The monoisotopic (exact) mass is 376 g/mol. The van der Waals surface area contributed by atoms with Crippen molar-refractivity contribution < 1.29 is 23.7 Å². The molecular weight excluding hydrogens is 348 g/mol. The second-order valence-electron chi connectivity index (χ2n) is 8.27. The molecule has 7 nitrogen and oxygen atoms in total. The van der Waals surface area contributed by atoms with Crippen molar-refractivity contribution in [3.8, 4) is 0 Å². The van der Waals surface area contributed by atoms with E-state index < -0.39 is 6.09 Å². The number of aromatic nitrogens is 2. The molecular formula is C20H28N2O5. The van der Waals surface area contributed by atoms with Gasteiger partial charge in [0.25, 0.3) is 0 Å². The van der Waals surface area contributed by atoms with Crippen LogP contribution in [0.4, 0.5) is 4.79 Å². The van der Waals surface area contributed by atoms with Crippen molar-refractivity contribution in [1.29, 1.82) is 0 Å². The minimum Gasteiger partial charge on any atom is -0.443 e. The SMILES string of the molecule is CO[C@@H]1[C@H](OC(=O)n2ccnc2)CC[C@]2(CO2)[C@H]1[C@@]1(C)OC1CC=C(C)C. The van der Waals surface area contributed by atoms with Gasteiger partial charge in [-0.3, -0.25) is 0 Å². The van der Waals surface area contributed by atoms with Gasteiger partial charge in [0.1, 0.15) is 29.7 Å². The number of rotatable bonds is 5. The predicted octanol–water partition coefficient (Wildman–Crippen LogP) is 2.94. The highest BCUT2D eigenvalue weighted by Crippen LogP contribution is 2.59. The lowest BCUT2D eigenvalue weighted by atomic mass is 9.68. The van der Waals surface area contributed by atoms with Gasteiger partial charge in [0.15, 0.2) is 0 Å². The van der Waals surface area contributed by atoms with Crippen LogP contribution in [0.25, 0.3) is 0 Å². The molecule has 2 aliphatic heterocycles. The zero-order chi connectivity index (χ0) is 19.2. The molecule has 3 fully saturated rings. The second kappa shape index (κ2) is 6.72. The Hall–Kier alpha value is -1.70. The molecule has 0 aromatic carbocycles. The van der Waals surface area contributed by atoms with Gasteiger partial charge in [0.05, 0.1) is 18.6 Å². The number of nitrogens with zero attached hydrogens (tertiary/aromatic N) is 2. The first-order valence-corrected chi connectivity index (χ1v) is 9.56. The van der Waals surface area contributed by atoms with Crippen LogP contribution in [0.5, 0.6) is 0 Å². The minimum absolute atomic E-state index is 0.0277. The number of carbonyl (C=O) groups excluding carboxylic acids is 1. The van der Waals surface area contributed by atoms with Crippen LogP contribution < -0.4 is 0 Å². The molecule has 0 bridgehead atoms. The molecule has 7 heteroatoms. The summed E-state index contributed by atoms with van der Waals surface area (Å²) in [7, 11) is 1.67. The fourth-order valence-corrected chi connectivity index (χ4v) is 4.63. The van der Waals surface area contributed by atoms with E-state index in [9.17, 15) is 4.79 Å². The highest BCUT2D eigenvalue weighted by molar-refractivity contribution is 5.70. The van der Waals surface area contributed by atoms with Crippen LogP contribution in [0.1, 0.15) is 40.0 Å². The highest BCUT2D eigenvalue weighted by Gasteiger charge is 2.72. The summed E-state index contributed by atoms with van der Waals surface area (Å²) in [6.45, 7) is 7.04. The first-order valence-electron chi connectivity index (χ1n) is 9.56. The third-order valence-corrected chi connectivity index (χ3v) is 6.20. The van der Waals surface area contributed by atoms with Crippen LogP contribution in [0.2, 0.25) is 0 Å². The zero-order valence-corrected chi connectivity index (χ0v) is 16.4. The minimum atomic E-state index is -0.436. The van der Waals surface area contributed by atoms with Gasteiger partial charge >= 0.3 is 6.09 Å². The summed E-state index contributed by atoms with van der Waals surface area (Å²) < 4.78 is 25.1. The standard InChI is InChI=1S/C20H28N2O5/c1-13(2)5-6-15-19(3,27-15)17-16(24-4)14(7-8-20(17)11-25-20)26-18(23)22-10-9-21-12-22/h5,9-10,12,14-17H,6-8,11H2,1-4H3/t14-,15?,16-,17-,19+,20+/m1/s1.